The number of hydrogen-bond donors (Lipinski definition) is 0. The van der Waals surface area contributed by atoms with Gasteiger partial charge in [0.15, 0.2) is 0 Å². The van der Waals surface area contributed by atoms with Gasteiger partial charge in [-0.2, -0.15) is 0 Å². The Hall–Kier alpha value is -1.29. The van der Waals surface area contributed by atoms with E-state index in [0.29, 0.717) is 11.4 Å². The molecule has 126 valence electrons. The van der Waals surface area contributed by atoms with Crippen molar-refractivity contribution in [2.45, 2.75) is 64.2 Å². The van der Waals surface area contributed by atoms with Crippen LogP contribution in [0.4, 0.5) is 0 Å². The molecule has 0 saturated carbocycles. The van der Waals surface area contributed by atoms with Gasteiger partial charge in [0.1, 0.15) is 0 Å². The predicted molar refractivity (Wildman–Crippen MR) is 93.6 cm³/mol. The fourth-order valence-corrected chi connectivity index (χ4v) is 5.33. The molecule has 2 aliphatic rings. The fraction of sp³-hybridized carbons (Fsp3) is 0.579. The van der Waals surface area contributed by atoms with E-state index in [1.54, 1.807) is 16.4 Å². The quantitative estimate of drug-likeness (QED) is 0.791. The number of sulfonamides is 1. The van der Waals surface area contributed by atoms with Gasteiger partial charge in [-0.25, -0.2) is 8.42 Å². The minimum Gasteiger partial charge on any atom is -0.270 e. The van der Waals surface area contributed by atoms with Crippen molar-refractivity contribution in [2.75, 3.05) is 6.54 Å². The summed E-state index contributed by atoms with van der Waals surface area (Å²) in [5.41, 5.74) is 3.71. The molecule has 4 heteroatoms. The van der Waals surface area contributed by atoms with E-state index in [-0.39, 0.29) is 5.41 Å². The zero-order chi connectivity index (χ0) is 16.7. The number of hydrogen-bond acceptors (Lipinski definition) is 2. The first-order valence-corrected chi connectivity index (χ1v) is 10.0. The van der Waals surface area contributed by atoms with Gasteiger partial charge in [-0.15, -0.1) is 0 Å². The molecule has 0 radical (unpaired) electrons. The van der Waals surface area contributed by atoms with Crippen LogP contribution in [0.15, 0.2) is 40.4 Å². The zero-order valence-electron chi connectivity index (χ0n) is 14.4. The molecule has 1 heterocycles. The Morgan fingerprint density at radius 1 is 1.04 bits per heavy atom. The van der Waals surface area contributed by atoms with Crippen LogP contribution in [0.2, 0.25) is 0 Å². The maximum Gasteiger partial charge on any atom is 0.264 e. The molecule has 0 aromatic heterocycles. The topological polar surface area (TPSA) is 37.4 Å². The Bertz CT molecular complexity index is 714. The third-order valence-electron chi connectivity index (χ3n) is 5.14. The summed E-state index contributed by atoms with van der Waals surface area (Å²) in [6.45, 7) is 7.09. The SMILES string of the molecule is Cc1ccc(S(=O)(=O)N2CCC(C)(C)CC3=C2CCCC3)cc1. The second-order valence-electron chi connectivity index (χ2n) is 7.74. The van der Waals surface area contributed by atoms with Crippen LogP contribution in [0.25, 0.3) is 0 Å². The van der Waals surface area contributed by atoms with Crippen molar-refractivity contribution in [3.8, 4) is 0 Å². The van der Waals surface area contributed by atoms with Crippen LogP contribution in [0.3, 0.4) is 0 Å². The van der Waals surface area contributed by atoms with Crippen LogP contribution < -0.4 is 0 Å². The van der Waals surface area contributed by atoms with E-state index < -0.39 is 10.0 Å². The molecule has 0 saturated heterocycles. The summed E-state index contributed by atoms with van der Waals surface area (Å²) in [4.78, 5) is 0.417. The molecule has 3 nitrogen and oxygen atoms in total. The van der Waals surface area contributed by atoms with Crippen LogP contribution in [0.5, 0.6) is 0 Å². The molecule has 0 N–H and O–H groups in total. The summed E-state index contributed by atoms with van der Waals surface area (Å²) in [7, 11) is -3.45. The van der Waals surface area contributed by atoms with Crippen molar-refractivity contribution in [1.29, 1.82) is 0 Å². The first-order chi connectivity index (χ1) is 10.8. The van der Waals surface area contributed by atoms with Crippen molar-refractivity contribution in [3.63, 3.8) is 0 Å². The number of nitrogens with zero attached hydrogens (tertiary/aromatic N) is 1. The number of allylic oxidation sites excluding steroid dienone is 2. The van der Waals surface area contributed by atoms with Crippen molar-refractivity contribution in [2.24, 2.45) is 5.41 Å². The molecular weight excluding hydrogens is 306 g/mol. The summed E-state index contributed by atoms with van der Waals surface area (Å²) in [5, 5.41) is 0. The Kier molecular flexibility index (Phi) is 4.30. The average Bonchev–Trinajstić information content (AvgIpc) is 2.62. The zero-order valence-corrected chi connectivity index (χ0v) is 15.2. The van der Waals surface area contributed by atoms with E-state index in [4.69, 9.17) is 0 Å². The van der Waals surface area contributed by atoms with Gasteiger partial charge in [0.05, 0.1) is 4.90 Å². The van der Waals surface area contributed by atoms with Crippen molar-refractivity contribution < 1.29 is 8.42 Å². The lowest BCUT2D eigenvalue weighted by Gasteiger charge is -2.30. The minimum absolute atomic E-state index is 0.176. The van der Waals surface area contributed by atoms with Gasteiger partial charge in [-0.3, -0.25) is 4.31 Å². The summed E-state index contributed by atoms with van der Waals surface area (Å²) in [5.74, 6) is 0. The van der Waals surface area contributed by atoms with Gasteiger partial charge < -0.3 is 0 Å². The third kappa shape index (κ3) is 3.32. The third-order valence-corrected chi connectivity index (χ3v) is 7.00. The van der Waals surface area contributed by atoms with Gasteiger partial charge in [-0.05, 0) is 68.6 Å². The van der Waals surface area contributed by atoms with Crippen molar-refractivity contribution in [3.05, 3.63) is 41.1 Å². The maximum absolute atomic E-state index is 13.2. The van der Waals surface area contributed by atoms with Gasteiger partial charge in [0.2, 0.25) is 0 Å². The fourth-order valence-electron chi connectivity index (χ4n) is 3.75. The first-order valence-electron chi connectivity index (χ1n) is 8.60. The van der Waals surface area contributed by atoms with E-state index in [9.17, 15) is 8.42 Å². The molecule has 0 unspecified atom stereocenters. The predicted octanol–water partition coefficient (Wildman–Crippen LogP) is 4.63. The molecule has 3 rings (SSSR count). The molecular formula is C19H27NO2S. The molecule has 23 heavy (non-hydrogen) atoms. The summed E-state index contributed by atoms with van der Waals surface area (Å²) >= 11 is 0. The van der Waals surface area contributed by atoms with Crippen molar-refractivity contribution in [1.82, 2.24) is 4.31 Å². The van der Waals surface area contributed by atoms with Crippen LogP contribution >= 0.6 is 0 Å². The van der Waals surface area contributed by atoms with Gasteiger partial charge in [0.25, 0.3) is 10.0 Å². The molecule has 1 aliphatic carbocycles. The normalized spacial score (nSPS) is 21.8. The first kappa shape index (κ1) is 16.6. The Balaban J connectivity index is 2.04. The Labute approximate surface area is 140 Å². The van der Waals surface area contributed by atoms with E-state index in [0.717, 1.165) is 43.4 Å². The van der Waals surface area contributed by atoms with Crippen LogP contribution in [0.1, 0.15) is 57.9 Å². The lowest BCUT2D eigenvalue weighted by Crippen LogP contribution is -2.32. The van der Waals surface area contributed by atoms with Crippen LogP contribution in [-0.4, -0.2) is 19.3 Å². The molecule has 0 bridgehead atoms. The van der Waals surface area contributed by atoms with Gasteiger partial charge in [-0.1, -0.05) is 31.5 Å². The van der Waals surface area contributed by atoms with Crippen molar-refractivity contribution >= 4 is 10.0 Å². The molecule has 1 aromatic carbocycles. The van der Waals surface area contributed by atoms with Crippen LogP contribution in [-0.2, 0) is 10.0 Å². The van der Waals surface area contributed by atoms with Crippen LogP contribution in [0, 0.1) is 12.3 Å². The van der Waals surface area contributed by atoms with E-state index >= 15 is 0 Å². The molecule has 1 aliphatic heterocycles. The van der Waals surface area contributed by atoms with E-state index in [1.165, 1.54) is 12.0 Å². The highest BCUT2D eigenvalue weighted by Crippen LogP contribution is 2.42. The smallest absolute Gasteiger partial charge is 0.264 e. The summed E-state index contributed by atoms with van der Waals surface area (Å²) < 4.78 is 28.1. The van der Waals surface area contributed by atoms with Gasteiger partial charge in [0, 0.05) is 12.2 Å². The average molecular weight is 333 g/mol. The Morgan fingerprint density at radius 3 is 2.39 bits per heavy atom. The molecule has 0 fully saturated rings. The number of benzene rings is 1. The standard InChI is InChI=1S/C19H27NO2S/c1-15-8-10-17(11-9-15)23(21,22)20-13-12-19(2,3)14-16-6-4-5-7-18(16)20/h8-11H,4-7,12-14H2,1-3H3. The maximum atomic E-state index is 13.2. The Morgan fingerprint density at radius 2 is 1.70 bits per heavy atom. The highest BCUT2D eigenvalue weighted by atomic mass is 32.2. The second-order valence-corrected chi connectivity index (χ2v) is 9.60. The summed E-state index contributed by atoms with van der Waals surface area (Å²) in [6, 6.07) is 7.24. The summed E-state index contributed by atoms with van der Waals surface area (Å²) in [6.07, 6.45) is 6.18. The van der Waals surface area contributed by atoms with E-state index in [1.807, 2.05) is 19.1 Å². The highest BCUT2D eigenvalue weighted by Gasteiger charge is 2.35. The number of rotatable bonds is 2. The molecule has 0 amide bonds. The highest BCUT2D eigenvalue weighted by molar-refractivity contribution is 7.89. The number of aryl methyl sites for hydroxylation is 1. The van der Waals surface area contributed by atoms with E-state index in [2.05, 4.69) is 13.8 Å². The molecule has 0 spiro atoms. The minimum atomic E-state index is -3.45. The molecule has 0 atom stereocenters. The largest absolute Gasteiger partial charge is 0.270 e. The monoisotopic (exact) mass is 333 g/mol. The lowest BCUT2D eigenvalue weighted by atomic mass is 9.80. The molecule has 1 aromatic rings. The second kappa shape index (κ2) is 5.97. The van der Waals surface area contributed by atoms with Gasteiger partial charge >= 0.3 is 0 Å². The lowest BCUT2D eigenvalue weighted by molar-refractivity contribution is 0.318.